The molecule has 1 fully saturated rings. The van der Waals surface area contributed by atoms with E-state index in [0.29, 0.717) is 6.54 Å². The Morgan fingerprint density at radius 1 is 1.78 bits per heavy atom. The summed E-state index contributed by atoms with van der Waals surface area (Å²) in [6.07, 6.45) is 0.0532. The Bertz CT molecular complexity index is 136. The van der Waals surface area contributed by atoms with Crippen molar-refractivity contribution in [3.8, 4) is 0 Å². The average Bonchev–Trinajstić information content (AvgIpc) is 1.98. The van der Waals surface area contributed by atoms with Gasteiger partial charge in [0.15, 0.2) is 0 Å². The second kappa shape index (κ2) is 1.97. The van der Waals surface area contributed by atoms with Gasteiger partial charge in [-0.05, 0) is 14.0 Å². The fourth-order valence-electron chi connectivity index (χ4n) is 0.848. The fourth-order valence-corrected chi connectivity index (χ4v) is 0.848. The van der Waals surface area contributed by atoms with Gasteiger partial charge in [-0.3, -0.25) is 14.7 Å². The van der Waals surface area contributed by atoms with Crippen molar-refractivity contribution in [1.29, 1.82) is 0 Å². The van der Waals surface area contributed by atoms with Gasteiger partial charge in [-0.25, -0.2) is 5.84 Å². The lowest BCUT2D eigenvalue weighted by Gasteiger charge is -2.18. The van der Waals surface area contributed by atoms with E-state index >= 15 is 0 Å². The molecular formula is C5H11N3O. The molecule has 0 aromatic rings. The molecule has 1 rings (SSSR count). The molecule has 1 amide bonds. The highest BCUT2D eigenvalue weighted by Crippen LogP contribution is 2.06. The number of nitrogens with zero attached hydrogens (tertiary/aromatic N) is 2. The molecule has 0 aromatic carbocycles. The molecule has 1 aliphatic rings. The third-order valence-corrected chi connectivity index (χ3v) is 1.71. The van der Waals surface area contributed by atoms with E-state index in [1.807, 2.05) is 18.9 Å². The van der Waals surface area contributed by atoms with Crippen LogP contribution < -0.4 is 5.84 Å². The highest BCUT2D eigenvalue weighted by molar-refractivity contribution is 5.79. The van der Waals surface area contributed by atoms with Crippen molar-refractivity contribution >= 4 is 5.91 Å². The van der Waals surface area contributed by atoms with Gasteiger partial charge >= 0.3 is 0 Å². The van der Waals surface area contributed by atoms with Crippen LogP contribution in [0, 0.1) is 0 Å². The van der Waals surface area contributed by atoms with Crippen molar-refractivity contribution in [3.63, 3.8) is 0 Å². The Hall–Kier alpha value is -0.610. The number of carbonyl (C=O) groups is 1. The summed E-state index contributed by atoms with van der Waals surface area (Å²) in [4.78, 5) is 12.6. The van der Waals surface area contributed by atoms with Crippen LogP contribution in [0.25, 0.3) is 0 Å². The molecule has 52 valence electrons. The number of carbonyl (C=O) groups excluding carboxylic acids is 1. The van der Waals surface area contributed by atoms with Crippen LogP contribution in [0.5, 0.6) is 0 Å². The predicted octanol–water partition coefficient (Wildman–Crippen LogP) is -1.02. The van der Waals surface area contributed by atoms with Gasteiger partial charge in [-0.1, -0.05) is 0 Å². The summed E-state index contributed by atoms with van der Waals surface area (Å²) in [5.74, 6) is 5.35. The molecule has 0 aliphatic carbocycles. The van der Waals surface area contributed by atoms with Gasteiger partial charge in [0.25, 0.3) is 5.91 Å². The van der Waals surface area contributed by atoms with E-state index in [1.165, 1.54) is 5.01 Å². The molecule has 4 heteroatoms. The Morgan fingerprint density at radius 2 is 2.33 bits per heavy atom. The van der Waals surface area contributed by atoms with Gasteiger partial charge in [0.2, 0.25) is 0 Å². The first-order valence-corrected chi connectivity index (χ1v) is 2.90. The Labute approximate surface area is 54.2 Å². The largest absolute Gasteiger partial charge is 0.276 e. The summed E-state index contributed by atoms with van der Waals surface area (Å²) in [7, 11) is 1.87. The molecule has 0 radical (unpaired) electrons. The van der Waals surface area contributed by atoms with Crippen LogP contribution in [0.1, 0.15) is 6.92 Å². The monoisotopic (exact) mass is 129 g/mol. The van der Waals surface area contributed by atoms with E-state index in [1.54, 1.807) is 0 Å². The topological polar surface area (TPSA) is 49.6 Å². The summed E-state index contributed by atoms with van der Waals surface area (Å²) in [5, 5.41) is 1.25. The van der Waals surface area contributed by atoms with Gasteiger partial charge in [-0.15, -0.1) is 0 Å². The number of nitrogens with two attached hydrogens (primary N) is 1. The summed E-state index contributed by atoms with van der Waals surface area (Å²) in [6.45, 7) is 2.34. The molecule has 1 heterocycles. The quantitative estimate of drug-likeness (QED) is 0.336. The molecule has 0 spiro atoms. The smallest absolute Gasteiger partial charge is 0.252 e. The van der Waals surface area contributed by atoms with E-state index in [4.69, 9.17) is 5.84 Å². The first kappa shape index (κ1) is 6.51. The summed E-state index contributed by atoms with van der Waals surface area (Å²) in [6, 6.07) is 0. The van der Waals surface area contributed by atoms with Gasteiger partial charge in [0.1, 0.15) is 0 Å². The lowest BCUT2D eigenvalue weighted by atomic mass is 10.5. The third kappa shape index (κ3) is 0.906. The average molecular weight is 129 g/mol. The molecule has 1 atom stereocenters. The highest BCUT2D eigenvalue weighted by atomic mass is 16.2. The molecule has 0 bridgehead atoms. The van der Waals surface area contributed by atoms with Crippen molar-refractivity contribution in [3.05, 3.63) is 0 Å². The van der Waals surface area contributed by atoms with Crippen molar-refractivity contribution in [2.75, 3.05) is 13.6 Å². The second-order valence-corrected chi connectivity index (χ2v) is 2.35. The first-order valence-electron chi connectivity index (χ1n) is 2.90. The predicted molar refractivity (Wildman–Crippen MR) is 33.1 cm³/mol. The Morgan fingerprint density at radius 3 is 2.44 bits per heavy atom. The summed E-state index contributed by atoms with van der Waals surface area (Å²) in [5.41, 5.74) is 0. The minimum absolute atomic E-state index is 0.00926. The number of rotatable bonds is 0. The number of hydrazine groups is 1. The van der Waals surface area contributed by atoms with Crippen LogP contribution in [0.4, 0.5) is 0 Å². The fraction of sp³-hybridized carbons (Fsp3) is 0.800. The minimum atomic E-state index is -0.00926. The maximum absolute atomic E-state index is 10.8. The molecule has 0 aromatic heterocycles. The Kier molecular flexibility index (Phi) is 1.42. The minimum Gasteiger partial charge on any atom is -0.276 e. The third-order valence-electron chi connectivity index (χ3n) is 1.71. The lowest BCUT2D eigenvalue weighted by molar-refractivity contribution is -0.127. The number of hydrogen-bond acceptors (Lipinski definition) is 3. The van der Waals surface area contributed by atoms with E-state index in [-0.39, 0.29) is 12.1 Å². The maximum Gasteiger partial charge on any atom is 0.252 e. The van der Waals surface area contributed by atoms with Gasteiger partial charge in [0.05, 0.1) is 12.7 Å². The number of likely N-dealkylation sites (N-methyl/N-ethyl adjacent to an activating group) is 1. The zero-order chi connectivity index (χ0) is 7.02. The number of hydrogen-bond donors (Lipinski definition) is 1. The van der Waals surface area contributed by atoms with Crippen LogP contribution in [-0.4, -0.2) is 35.6 Å². The normalized spacial score (nSPS) is 29.9. The molecule has 2 N–H and O–H groups in total. The molecule has 9 heavy (non-hydrogen) atoms. The van der Waals surface area contributed by atoms with Crippen LogP contribution >= 0.6 is 0 Å². The molecule has 0 saturated carbocycles. The van der Waals surface area contributed by atoms with Crippen LogP contribution in [0.2, 0.25) is 0 Å². The van der Waals surface area contributed by atoms with Crippen molar-refractivity contribution < 1.29 is 4.79 Å². The summed E-state index contributed by atoms with van der Waals surface area (Å²) >= 11 is 0. The lowest BCUT2D eigenvalue weighted by Crippen LogP contribution is -2.40. The second-order valence-electron chi connectivity index (χ2n) is 2.35. The van der Waals surface area contributed by atoms with Crippen LogP contribution in [0.3, 0.4) is 0 Å². The molecular weight excluding hydrogens is 118 g/mol. The van der Waals surface area contributed by atoms with E-state index in [2.05, 4.69) is 0 Å². The van der Waals surface area contributed by atoms with Crippen LogP contribution in [-0.2, 0) is 4.79 Å². The molecule has 4 nitrogen and oxygen atoms in total. The zero-order valence-corrected chi connectivity index (χ0v) is 5.66. The molecule has 1 aliphatic heterocycles. The zero-order valence-electron chi connectivity index (χ0n) is 5.66. The Balaban J connectivity index is 2.65. The van der Waals surface area contributed by atoms with Crippen LogP contribution in [0.15, 0.2) is 0 Å². The van der Waals surface area contributed by atoms with E-state index < -0.39 is 0 Å². The van der Waals surface area contributed by atoms with Crippen molar-refractivity contribution in [2.24, 2.45) is 5.84 Å². The standard InChI is InChI=1S/C5H11N3O/c1-4-7(2)3-5(9)8(4)6/h4H,3,6H2,1-2H3. The first-order chi connectivity index (χ1) is 4.13. The van der Waals surface area contributed by atoms with Crippen molar-refractivity contribution in [2.45, 2.75) is 13.1 Å². The highest BCUT2D eigenvalue weighted by Gasteiger charge is 2.29. The number of amides is 1. The van der Waals surface area contributed by atoms with Gasteiger partial charge in [-0.2, -0.15) is 0 Å². The SMILES string of the molecule is CC1N(C)CC(=O)N1N. The van der Waals surface area contributed by atoms with Gasteiger partial charge < -0.3 is 0 Å². The van der Waals surface area contributed by atoms with E-state index in [0.717, 1.165) is 0 Å². The van der Waals surface area contributed by atoms with Crippen molar-refractivity contribution in [1.82, 2.24) is 9.91 Å². The van der Waals surface area contributed by atoms with E-state index in [9.17, 15) is 4.79 Å². The van der Waals surface area contributed by atoms with Gasteiger partial charge in [0, 0.05) is 0 Å². The molecule has 1 unspecified atom stereocenters. The molecule has 1 saturated heterocycles. The maximum atomic E-state index is 10.8. The summed E-state index contributed by atoms with van der Waals surface area (Å²) < 4.78 is 0.